The van der Waals surface area contributed by atoms with E-state index in [1.54, 1.807) is 37.4 Å². The Morgan fingerprint density at radius 2 is 1.92 bits per heavy atom. The molecule has 0 aliphatic carbocycles. The Labute approximate surface area is 145 Å². The Hall–Kier alpha value is -3.39. The first kappa shape index (κ1) is 16.5. The molecular weight excluding hydrogens is 316 g/mol. The monoisotopic (exact) mass is 332 g/mol. The fraction of sp³-hybridized carbons (Fsp3) is 0.150. The molecule has 0 atom stereocenters. The maximum absolute atomic E-state index is 12.3. The average Bonchev–Trinajstić information content (AvgIpc) is 2.65. The van der Waals surface area contributed by atoms with Crippen molar-refractivity contribution in [3.63, 3.8) is 0 Å². The van der Waals surface area contributed by atoms with Gasteiger partial charge in [-0.15, -0.1) is 0 Å². The van der Waals surface area contributed by atoms with E-state index in [0.29, 0.717) is 16.9 Å². The second kappa shape index (κ2) is 7.02. The van der Waals surface area contributed by atoms with Gasteiger partial charge in [-0.2, -0.15) is 5.26 Å². The molecule has 1 aromatic heterocycles. The third-order valence-corrected chi connectivity index (χ3v) is 3.81. The van der Waals surface area contributed by atoms with Gasteiger partial charge in [0, 0.05) is 10.9 Å². The number of nitriles is 1. The highest BCUT2D eigenvalue weighted by Crippen LogP contribution is 2.23. The van der Waals surface area contributed by atoms with Gasteiger partial charge >= 0.3 is 0 Å². The Kier molecular flexibility index (Phi) is 4.62. The molecule has 0 fully saturated rings. The van der Waals surface area contributed by atoms with Gasteiger partial charge in [-0.25, -0.2) is 4.98 Å². The molecule has 0 bridgehead atoms. The number of fused-ring (bicyclic) bond motifs is 1. The summed E-state index contributed by atoms with van der Waals surface area (Å²) in [5.41, 5.74) is 2.60. The largest absolute Gasteiger partial charge is 0.497 e. The van der Waals surface area contributed by atoms with Gasteiger partial charge in [-0.1, -0.05) is 12.1 Å². The highest BCUT2D eigenvalue weighted by molar-refractivity contribution is 5.97. The number of rotatable bonds is 5. The minimum atomic E-state index is -0.197. The van der Waals surface area contributed by atoms with Crippen molar-refractivity contribution in [3.8, 4) is 17.7 Å². The smallest absolute Gasteiger partial charge is 0.232 e. The van der Waals surface area contributed by atoms with Gasteiger partial charge in [0.05, 0.1) is 12.6 Å². The predicted molar refractivity (Wildman–Crippen MR) is 94.0 cm³/mol. The summed E-state index contributed by atoms with van der Waals surface area (Å²) >= 11 is 0. The van der Waals surface area contributed by atoms with Gasteiger partial charge in [-0.05, 0) is 48.9 Å². The summed E-state index contributed by atoms with van der Waals surface area (Å²) in [5.74, 6) is 0.649. The molecule has 0 saturated heterocycles. The van der Waals surface area contributed by atoms with E-state index in [0.717, 1.165) is 16.5 Å². The van der Waals surface area contributed by atoms with Crippen LogP contribution >= 0.6 is 0 Å². The molecule has 0 aliphatic heterocycles. The highest BCUT2D eigenvalue weighted by atomic mass is 16.5. The quantitative estimate of drug-likeness (QED) is 0.666. The second-order valence-corrected chi connectivity index (χ2v) is 5.59. The van der Waals surface area contributed by atoms with Gasteiger partial charge in [-0.3, -0.25) is 4.79 Å². The summed E-state index contributed by atoms with van der Waals surface area (Å²) in [6, 6.07) is 16.3. The third kappa shape index (κ3) is 3.59. The molecule has 124 valence electrons. The van der Waals surface area contributed by atoms with Crippen LogP contribution in [0.2, 0.25) is 0 Å². The average molecular weight is 332 g/mol. The molecule has 0 saturated carbocycles. The Morgan fingerprint density at radius 1 is 1.16 bits per heavy atom. The minimum absolute atomic E-state index is 0.169. The number of nitrogens with zero attached hydrogens (tertiary/aromatic N) is 2. The first-order valence-corrected chi connectivity index (χ1v) is 7.72. The summed E-state index contributed by atoms with van der Waals surface area (Å²) in [7, 11) is 1.57. The van der Waals surface area contributed by atoms with Crippen LogP contribution in [0.3, 0.4) is 0 Å². The van der Waals surface area contributed by atoms with Gasteiger partial charge in [0.25, 0.3) is 0 Å². The van der Waals surface area contributed by atoms with E-state index < -0.39 is 0 Å². The molecule has 5 nitrogen and oxygen atoms in total. The van der Waals surface area contributed by atoms with Crippen LogP contribution in [-0.4, -0.2) is 24.5 Å². The van der Waals surface area contributed by atoms with Crippen LogP contribution in [0.5, 0.6) is 11.6 Å². The van der Waals surface area contributed by atoms with Crippen molar-refractivity contribution in [2.24, 2.45) is 0 Å². The molecule has 3 rings (SSSR count). The van der Waals surface area contributed by atoms with Gasteiger partial charge < -0.3 is 9.47 Å². The molecular formula is C20H16N2O3. The van der Waals surface area contributed by atoms with Crippen LogP contribution in [0.15, 0.2) is 48.5 Å². The first-order valence-electron chi connectivity index (χ1n) is 7.72. The summed E-state index contributed by atoms with van der Waals surface area (Å²) in [5, 5.41) is 10.2. The van der Waals surface area contributed by atoms with Crippen LogP contribution in [0.4, 0.5) is 0 Å². The van der Waals surface area contributed by atoms with E-state index in [2.05, 4.69) is 11.1 Å². The van der Waals surface area contributed by atoms with Crippen molar-refractivity contribution < 1.29 is 14.3 Å². The minimum Gasteiger partial charge on any atom is -0.497 e. The van der Waals surface area contributed by atoms with Crippen LogP contribution < -0.4 is 9.47 Å². The number of carbonyl (C=O) groups excluding carboxylic acids is 1. The van der Waals surface area contributed by atoms with E-state index in [-0.39, 0.29) is 18.3 Å². The fourth-order valence-electron chi connectivity index (χ4n) is 2.44. The maximum atomic E-state index is 12.3. The van der Waals surface area contributed by atoms with Crippen LogP contribution in [0.25, 0.3) is 10.9 Å². The predicted octanol–water partition coefficient (Wildman–Crippen LogP) is 3.69. The lowest BCUT2D eigenvalue weighted by atomic mass is 10.1. The molecule has 1 heterocycles. The molecule has 2 aromatic carbocycles. The van der Waals surface area contributed by atoms with E-state index >= 15 is 0 Å². The summed E-state index contributed by atoms with van der Waals surface area (Å²) in [4.78, 5) is 16.6. The molecule has 3 aromatic rings. The van der Waals surface area contributed by atoms with Crippen molar-refractivity contribution >= 4 is 16.7 Å². The number of ketones is 1. The standard InChI is InChI=1S/C20H16N2O3/c1-13-3-4-15-10-16(11-21)20(22-18(15)9-13)25-12-19(23)14-5-7-17(24-2)8-6-14/h3-10H,12H2,1-2H3. The van der Waals surface area contributed by atoms with E-state index in [1.165, 1.54) is 0 Å². The Bertz CT molecular complexity index is 973. The Balaban J connectivity index is 1.81. The highest BCUT2D eigenvalue weighted by Gasteiger charge is 2.12. The first-order chi connectivity index (χ1) is 12.1. The molecule has 0 spiro atoms. The molecule has 5 heteroatoms. The van der Waals surface area contributed by atoms with Crippen molar-refractivity contribution in [2.45, 2.75) is 6.92 Å². The van der Waals surface area contributed by atoms with Crippen LogP contribution in [0.1, 0.15) is 21.5 Å². The van der Waals surface area contributed by atoms with Gasteiger partial charge in [0.2, 0.25) is 5.88 Å². The lowest BCUT2D eigenvalue weighted by Gasteiger charge is -2.08. The number of aromatic nitrogens is 1. The summed E-state index contributed by atoms with van der Waals surface area (Å²) in [6.45, 7) is 1.78. The Morgan fingerprint density at radius 3 is 2.60 bits per heavy atom. The molecule has 25 heavy (non-hydrogen) atoms. The van der Waals surface area contributed by atoms with Crippen molar-refractivity contribution in [1.82, 2.24) is 4.98 Å². The van der Waals surface area contributed by atoms with Gasteiger partial charge in [0.15, 0.2) is 12.4 Å². The molecule has 0 amide bonds. The number of aryl methyl sites for hydroxylation is 1. The lowest BCUT2D eigenvalue weighted by Crippen LogP contribution is -2.13. The number of pyridine rings is 1. The van der Waals surface area contributed by atoms with Crippen molar-refractivity contribution in [1.29, 1.82) is 5.26 Å². The maximum Gasteiger partial charge on any atom is 0.232 e. The zero-order valence-electron chi connectivity index (χ0n) is 13.9. The number of ether oxygens (including phenoxy) is 2. The fourth-order valence-corrected chi connectivity index (χ4v) is 2.44. The van der Waals surface area contributed by atoms with E-state index in [9.17, 15) is 10.1 Å². The number of Topliss-reactive ketones (excluding diaryl/α,β-unsaturated/α-hetero) is 1. The zero-order chi connectivity index (χ0) is 17.8. The normalized spacial score (nSPS) is 10.3. The van der Waals surface area contributed by atoms with E-state index in [4.69, 9.17) is 9.47 Å². The molecule has 0 radical (unpaired) electrons. The number of hydrogen-bond donors (Lipinski definition) is 0. The number of hydrogen-bond acceptors (Lipinski definition) is 5. The van der Waals surface area contributed by atoms with Crippen LogP contribution in [-0.2, 0) is 0 Å². The number of carbonyl (C=O) groups is 1. The number of methoxy groups -OCH3 is 1. The lowest BCUT2D eigenvalue weighted by molar-refractivity contribution is 0.0918. The zero-order valence-corrected chi connectivity index (χ0v) is 13.9. The van der Waals surface area contributed by atoms with Crippen molar-refractivity contribution in [2.75, 3.05) is 13.7 Å². The van der Waals surface area contributed by atoms with Crippen LogP contribution in [0, 0.1) is 18.3 Å². The van der Waals surface area contributed by atoms with Crippen molar-refractivity contribution in [3.05, 3.63) is 65.2 Å². The SMILES string of the molecule is COc1ccc(C(=O)COc2nc3cc(C)ccc3cc2C#N)cc1. The summed E-state index contributed by atoms with van der Waals surface area (Å²) < 4.78 is 10.6. The second-order valence-electron chi connectivity index (χ2n) is 5.59. The topological polar surface area (TPSA) is 72.2 Å². The van der Waals surface area contributed by atoms with E-state index in [1.807, 2.05) is 25.1 Å². The molecule has 0 aliphatic rings. The third-order valence-electron chi connectivity index (χ3n) is 3.81. The molecule has 0 N–H and O–H groups in total. The molecule has 0 unspecified atom stereocenters. The summed E-state index contributed by atoms with van der Waals surface area (Å²) in [6.07, 6.45) is 0. The number of benzene rings is 2. The van der Waals surface area contributed by atoms with Gasteiger partial charge in [0.1, 0.15) is 17.4 Å².